The summed E-state index contributed by atoms with van der Waals surface area (Å²) in [4.78, 5) is 14.7. The maximum absolute atomic E-state index is 11.2. The molecule has 112 valence electrons. The summed E-state index contributed by atoms with van der Waals surface area (Å²) in [6.07, 6.45) is 8.04. The number of hydrogen-bond acceptors (Lipinski definition) is 3. The van der Waals surface area contributed by atoms with Crippen LogP contribution in [-0.2, 0) is 11.3 Å². The van der Waals surface area contributed by atoms with Crippen LogP contribution in [0.15, 0.2) is 15.9 Å². The first-order chi connectivity index (χ1) is 9.65. The van der Waals surface area contributed by atoms with Crippen molar-refractivity contribution in [2.75, 3.05) is 13.1 Å². The molecule has 1 amide bonds. The van der Waals surface area contributed by atoms with Crippen molar-refractivity contribution in [3.63, 3.8) is 0 Å². The minimum atomic E-state index is -0.235. The van der Waals surface area contributed by atoms with Crippen LogP contribution in [0.1, 0.15) is 43.4 Å². The second kappa shape index (κ2) is 8.15. The molecule has 1 fully saturated rings. The average Bonchev–Trinajstić information content (AvgIpc) is 2.82. The quantitative estimate of drug-likeness (QED) is 0.806. The Labute approximate surface area is 133 Å². The van der Waals surface area contributed by atoms with E-state index in [1.165, 1.54) is 43.4 Å². The number of halogens is 1. The van der Waals surface area contributed by atoms with E-state index >= 15 is 0 Å². The number of nitrogens with two attached hydrogens (primary N) is 1. The lowest BCUT2D eigenvalue weighted by Crippen LogP contribution is -2.34. The molecule has 0 radical (unpaired) electrons. The molecule has 1 heterocycles. The molecule has 0 spiro atoms. The molecular formula is C15H23BrN2OS. The molecule has 1 aliphatic carbocycles. The monoisotopic (exact) mass is 358 g/mol. The molecule has 1 aromatic rings. The smallest absolute Gasteiger partial charge is 0.231 e. The van der Waals surface area contributed by atoms with E-state index in [0.717, 1.165) is 23.5 Å². The number of hydrogen-bond donors (Lipinski definition) is 1. The molecule has 0 aliphatic heterocycles. The number of primary amides is 1. The van der Waals surface area contributed by atoms with Crippen LogP contribution in [0.25, 0.3) is 0 Å². The van der Waals surface area contributed by atoms with Gasteiger partial charge in [0.1, 0.15) is 0 Å². The first-order valence-corrected chi connectivity index (χ1v) is 9.05. The molecule has 0 saturated heterocycles. The Balaban J connectivity index is 1.86. The van der Waals surface area contributed by atoms with E-state index < -0.39 is 0 Å². The van der Waals surface area contributed by atoms with Gasteiger partial charge >= 0.3 is 0 Å². The van der Waals surface area contributed by atoms with Gasteiger partial charge in [0.2, 0.25) is 5.91 Å². The summed E-state index contributed by atoms with van der Waals surface area (Å²) in [5, 5.41) is 2.07. The average molecular weight is 359 g/mol. The molecular weight excluding hydrogens is 336 g/mol. The van der Waals surface area contributed by atoms with Crippen molar-refractivity contribution >= 4 is 33.2 Å². The number of thiophene rings is 1. The fourth-order valence-electron chi connectivity index (χ4n) is 2.92. The van der Waals surface area contributed by atoms with Crippen LogP contribution < -0.4 is 5.73 Å². The van der Waals surface area contributed by atoms with Crippen molar-refractivity contribution < 1.29 is 4.79 Å². The van der Waals surface area contributed by atoms with Crippen molar-refractivity contribution in [1.82, 2.24) is 4.90 Å². The molecule has 2 N–H and O–H groups in total. The second-order valence-electron chi connectivity index (χ2n) is 5.66. The summed E-state index contributed by atoms with van der Waals surface area (Å²) < 4.78 is 1.13. The number of rotatable bonds is 7. The van der Waals surface area contributed by atoms with Gasteiger partial charge < -0.3 is 5.73 Å². The van der Waals surface area contributed by atoms with Crippen LogP contribution in [0.3, 0.4) is 0 Å². The number of carbonyl (C=O) groups is 1. The number of nitrogens with zero attached hydrogens (tertiary/aromatic N) is 1. The molecule has 0 atom stereocenters. The fraction of sp³-hybridized carbons (Fsp3) is 0.667. The second-order valence-corrected chi connectivity index (χ2v) is 7.52. The highest BCUT2D eigenvalue weighted by Crippen LogP contribution is 2.28. The Morgan fingerprint density at radius 3 is 2.75 bits per heavy atom. The summed E-state index contributed by atoms with van der Waals surface area (Å²) in [5.41, 5.74) is 5.38. The predicted octanol–water partition coefficient (Wildman–Crippen LogP) is 3.77. The normalized spacial score (nSPS) is 16.7. The zero-order valence-corrected chi connectivity index (χ0v) is 14.2. The van der Waals surface area contributed by atoms with E-state index in [2.05, 4.69) is 32.3 Å². The van der Waals surface area contributed by atoms with Gasteiger partial charge in [-0.2, -0.15) is 0 Å². The lowest BCUT2D eigenvalue weighted by atomic mass is 9.87. The van der Waals surface area contributed by atoms with Crippen molar-refractivity contribution in [2.45, 2.75) is 45.1 Å². The SMILES string of the molecule is NC(=O)CN(CCC1CCCCC1)Cc1sccc1Br. The molecule has 3 nitrogen and oxygen atoms in total. The van der Waals surface area contributed by atoms with E-state index in [-0.39, 0.29) is 5.91 Å². The van der Waals surface area contributed by atoms with E-state index in [9.17, 15) is 4.79 Å². The molecule has 0 unspecified atom stereocenters. The molecule has 1 saturated carbocycles. The van der Waals surface area contributed by atoms with Gasteiger partial charge in [0, 0.05) is 15.9 Å². The first-order valence-electron chi connectivity index (χ1n) is 7.37. The summed E-state index contributed by atoms with van der Waals surface area (Å²) >= 11 is 5.28. The summed E-state index contributed by atoms with van der Waals surface area (Å²) in [5.74, 6) is 0.604. The Morgan fingerprint density at radius 2 is 2.15 bits per heavy atom. The number of carbonyl (C=O) groups excluding carboxylic acids is 1. The van der Waals surface area contributed by atoms with E-state index in [1.807, 2.05) is 0 Å². The van der Waals surface area contributed by atoms with Gasteiger partial charge in [-0.1, -0.05) is 32.1 Å². The molecule has 20 heavy (non-hydrogen) atoms. The standard InChI is InChI=1S/C15H23BrN2OS/c16-13-7-9-20-14(13)10-18(11-15(17)19)8-6-12-4-2-1-3-5-12/h7,9,12H,1-6,8,10-11H2,(H2,17,19). The largest absolute Gasteiger partial charge is 0.369 e. The molecule has 5 heteroatoms. The Bertz CT molecular complexity index is 429. The Morgan fingerprint density at radius 1 is 1.40 bits per heavy atom. The first kappa shape index (κ1) is 16.0. The van der Waals surface area contributed by atoms with Crippen LogP contribution in [0.2, 0.25) is 0 Å². The van der Waals surface area contributed by atoms with Crippen LogP contribution in [0.5, 0.6) is 0 Å². The Hall–Kier alpha value is -0.390. The third-order valence-electron chi connectivity index (χ3n) is 4.02. The number of amides is 1. The van der Waals surface area contributed by atoms with E-state index in [4.69, 9.17) is 5.73 Å². The highest BCUT2D eigenvalue weighted by Gasteiger charge is 2.17. The van der Waals surface area contributed by atoms with Gasteiger partial charge in [-0.25, -0.2) is 0 Å². The third kappa shape index (κ3) is 5.19. The molecule has 1 aliphatic rings. The molecule has 0 aromatic carbocycles. The van der Waals surface area contributed by atoms with Crippen LogP contribution >= 0.6 is 27.3 Å². The highest BCUT2D eigenvalue weighted by atomic mass is 79.9. The summed E-state index contributed by atoms with van der Waals surface area (Å²) in [6, 6.07) is 2.06. The highest BCUT2D eigenvalue weighted by molar-refractivity contribution is 9.10. The van der Waals surface area contributed by atoms with Crippen molar-refractivity contribution in [2.24, 2.45) is 11.7 Å². The Kier molecular flexibility index (Phi) is 6.52. The summed E-state index contributed by atoms with van der Waals surface area (Å²) in [7, 11) is 0. The lowest BCUT2D eigenvalue weighted by Gasteiger charge is -2.26. The van der Waals surface area contributed by atoms with Crippen LogP contribution in [0.4, 0.5) is 0 Å². The zero-order chi connectivity index (χ0) is 14.4. The maximum Gasteiger partial charge on any atom is 0.231 e. The molecule has 1 aromatic heterocycles. The lowest BCUT2D eigenvalue weighted by molar-refractivity contribution is -0.119. The van der Waals surface area contributed by atoms with Crippen molar-refractivity contribution in [3.05, 3.63) is 20.8 Å². The van der Waals surface area contributed by atoms with Crippen LogP contribution in [-0.4, -0.2) is 23.9 Å². The van der Waals surface area contributed by atoms with E-state index in [0.29, 0.717) is 6.54 Å². The van der Waals surface area contributed by atoms with E-state index in [1.54, 1.807) is 11.3 Å². The third-order valence-corrected chi connectivity index (χ3v) is 5.93. The van der Waals surface area contributed by atoms with Crippen molar-refractivity contribution in [3.8, 4) is 0 Å². The van der Waals surface area contributed by atoms with Crippen molar-refractivity contribution in [1.29, 1.82) is 0 Å². The van der Waals surface area contributed by atoms with Gasteiger partial charge in [0.05, 0.1) is 6.54 Å². The minimum Gasteiger partial charge on any atom is -0.369 e. The van der Waals surface area contributed by atoms with Gasteiger partial charge in [0.15, 0.2) is 0 Å². The predicted molar refractivity (Wildman–Crippen MR) is 87.7 cm³/mol. The fourth-order valence-corrected chi connectivity index (χ4v) is 4.44. The topological polar surface area (TPSA) is 46.3 Å². The molecule has 2 rings (SSSR count). The van der Waals surface area contributed by atoms with Gasteiger partial charge in [-0.15, -0.1) is 11.3 Å². The van der Waals surface area contributed by atoms with Gasteiger partial charge in [-0.05, 0) is 46.3 Å². The van der Waals surface area contributed by atoms with Gasteiger partial charge in [0.25, 0.3) is 0 Å². The molecule has 0 bridgehead atoms. The summed E-state index contributed by atoms with van der Waals surface area (Å²) in [6.45, 7) is 2.14. The minimum absolute atomic E-state index is 0.235. The zero-order valence-electron chi connectivity index (χ0n) is 11.8. The maximum atomic E-state index is 11.2. The van der Waals surface area contributed by atoms with Gasteiger partial charge in [-0.3, -0.25) is 9.69 Å². The van der Waals surface area contributed by atoms with Crippen LogP contribution in [0, 0.1) is 5.92 Å².